The number of anilines is 1. The number of nitrogens with two attached hydrogens (primary N) is 1. The first kappa shape index (κ1) is 24.4. The Kier molecular flexibility index (Phi) is 6.59. The van der Waals surface area contributed by atoms with Crippen LogP contribution in [-0.2, 0) is 9.53 Å². The lowest BCUT2D eigenvalue weighted by molar-refractivity contribution is -0.182. The lowest BCUT2D eigenvalue weighted by atomic mass is 9.84. The molecule has 12 heteroatoms. The third-order valence-corrected chi connectivity index (χ3v) is 5.23. The number of primary amides is 1. The van der Waals surface area contributed by atoms with Crippen molar-refractivity contribution in [3.05, 3.63) is 53.4 Å². The topological polar surface area (TPSA) is 104 Å². The quantitative estimate of drug-likeness (QED) is 0.623. The highest BCUT2D eigenvalue weighted by Gasteiger charge is 2.52. The Bertz CT molecular complexity index is 1080. The van der Waals surface area contributed by atoms with Gasteiger partial charge in [0, 0.05) is 23.4 Å². The Morgan fingerprint density at radius 1 is 1.30 bits per heavy atom. The van der Waals surface area contributed by atoms with Gasteiger partial charge in [0.1, 0.15) is 11.8 Å². The number of amides is 2. The van der Waals surface area contributed by atoms with Crippen LogP contribution in [0.15, 0.2) is 30.5 Å². The van der Waals surface area contributed by atoms with Crippen molar-refractivity contribution in [2.75, 3.05) is 12.4 Å². The Morgan fingerprint density at radius 2 is 2.00 bits per heavy atom. The maximum absolute atomic E-state index is 14.3. The third kappa shape index (κ3) is 5.38. The van der Waals surface area contributed by atoms with Crippen molar-refractivity contribution in [3.63, 3.8) is 0 Å². The number of pyridine rings is 1. The van der Waals surface area contributed by atoms with Gasteiger partial charge in [0.05, 0.1) is 19.1 Å². The first-order valence-corrected chi connectivity index (χ1v) is 9.67. The fraction of sp³-hybridized carbons (Fsp3) is 0.381. The summed E-state index contributed by atoms with van der Waals surface area (Å²) in [6.07, 6.45) is -6.61. The second-order valence-electron chi connectivity index (χ2n) is 7.86. The summed E-state index contributed by atoms with van der Waals surface area (Å²) < 4.78 is 78.0. The van der Waals surface area contributed by atoms with Gasteiger partial charge in [-0.05, 0) is 31.5 Å². The molecule has 1 aliphatic rings. The minimum absolute atomic E-state index is 0.0185. The molecule has 3 rings (SSSR count). The summed E-state index contributed by atoms with van der Waals surface area (Å²) in [6, 6.07) is 4.45. The lowest BCUT2D eigenvalue weighted by Gasteiger charge is -2.25. The van der Waals surface area contributed by atoms with E-state index in [0.29, 0.717) is 0 Å². The molecule has 0 spiro atoms. The fourth-order valence-corrected chi connectivity index (χ4v) is 3.96. The van der Waals surface area contributed by atoms with E-state index in [4.69, 9.17) is 15.2 Å². The van der Waals surface area contributed by atoms with Crippen molar-refractivity contribution in [3.8, 4) is 5.75 Å². The monoisotopic (exact) mass is 473 g/mol. The van der Waals surface area contributed by atoms with Crippen molar-refractivity contribution in [1.29, 1.82) is 0 Å². The van der Waals surface area contributed by atoms with Crippen molar-refractivity contribution in [1.82, 2.24) is 4.98 Å². The van der Waals surface area contributed by atoms with Gasteiger partial charge < -0.3 is 20.5 Å². The summed E-state index contributed by atoms with van der Waals surface area (Å²) in [5, 5.41) is 2.44. The number of carbonyl (C=O) groups excluding carboxylic acids is 2. The summed E-state index contributed by atoms with van der Waals surface area (Å²) in [6.45, 7) is 1.19. The summed E-state index contributed by atoms with van der Waals surface area (Å²) >= 11 is 0. The number of hydrogen-bond acceptors (Lipinski definition) is 5. The van der Waals surface area contributed by atoms with Gasteiger partial charge in [-0.1, -0.05) is 6.07 Å². The van der Waals surface area contributed by atoms with Crippen molar-refractivity contribution < 1.29 is 41.0 Å². The minimum atomic E-state index is -4.61. The molecule has 1 saturated heterocycles. The van der Waals surface area contributed by atoms with Crippen LogP contribution in [0.1, 0.15) is 41.7 Å². The molecule has 1 aromatic heterocycles. The van der Waals surface area contributed by atoms with E-state index >= 15 is 0 Å². The molecule has 2 amide bonds. The van der Waals surface area contributed by atoms with Gasteiger partial charge in [0.15, 0.2) is 11.6 Å². The molecule has 33 heavy (non-hydrogen) atoms. The van der Waals surface area contributed by atoms with Gasteiger partial charge in [0.25, 0.3) is 11.8 Å². The van der Waals surface area contributed by atoms with Gasteiger partial charge in [0.2, 0.25) is 5.82 Å². The summed E-state index contributed by atoms with van der Waals surface area (Å²) in [7, 11) is 1.07. The van der Waals surface area contributed by atoms with E-state index in [2.05, 4.69) is 10.3 Å². The number of hydrogen-bond donors (Lipinski definition) is 2. The molecule has 0 bridgehead atoms. The molecule has 2 aromatic rings. The van der Waals surface area contributed by atoms with Crippen LogP contribution in [0.25, 0.3) is 0 Å². The number of benzene rings is 1. The predicted octanol–water partition coefficient (Wildman–Crippen LogP) is 3.69. The standard InChI is InChI=1S/C21H20F5N3O4/c1-20(9-21(24,25)26)8-12(11-3-4-13(22)15(23)16(11)32-2)17(33-20)19(31)29-10-5-6-28-14(7-10)18(27)30/h3-7,12,17H,8-9H2,1-2H3,(H2,27,30)(H,28,29,31)/t12-,17+,20-/m0/s1. The summed E-state index contributed by atoms with van der Waals surface area (Å²) in [5.41, 5.74) is 3.26. The number of rotatable bonds is 6. The van der Waals surface area contributed by atoms with E-state index in [1.807, 2.05) is 0 Å². The molecular formula is C21H20F5N3O4. The average molecular weight is 473 g/mol. The van der Waals surface area contributed by atoms with Gasteiger partial charge in [-0.3, -0.25) is 14.6 Å². The van der Waals surface area contributed by atoms with E-state index in [1.54, 1.807) is 0 Å². The Balaban J connectivity index is 1.99. The summed E-state index contributed by atoms with van der Waals surface area (Å²) in [4.78, 5) is 28.1. The SMILES string of the molecule is COc1c([C@@H]2C[C@@](C)(CC(F)(F)F)O[C@H]2C(=O)Nc2ccnc(C(N)=O)c2)ccc(F)c1F. The molecule has 3 atom stereocenters. The molecule has 0 unspecified atom stereocenters. The van der Waals surface area contributed by atoms with Gasteiger partial charge in [-0.15, -0.1) is 0 Å². The molecule has 0 aliphatic carbocycles. The zero-order chi connectivity index (χ0) is 24.6. The van der Waals surface area contributed by atoms with E-state index in [0.717, 1.165) is 19.2 Å². The average Bonchev–Trinajstić information content (AvgIpc) is 3.05. The molecule has 1 aromatic carbocycles. The molecule has 1 aliphatic heterocycles. The van der Waals surface area contributed by atoms with Crippen LogP contribution in [0.4, 0.5) is 27.6 Å². The number of ether oxygens (including phenoxy) is 2. The number of halogens is 5. The van der Waals surface area contributed by atoms with Crippen LogP contribution in [0, 0.1) is 11.6 Å². The van der Waals surface area contributed by atoms with Gasteiger partial charge in [-0.25, -0.2) is 4.39 Å². The maximum atomic E-state index is 14.3. The van der Waals surface area contributed by atoms with Crippen molar-refractivity contribution in [2.45, 2.75) is 43.6 Å². The van der Waals surface area contributed by atoms with Crippen LogP contribution in [0.2, 0.25) is 0 Å². The predicted molar refractivity (Wildman–Crippen MR) is 106 cm³/mol. The fourth-order valence-electron chi connectivity index (χ4n) is 3.96. The highest BCUT2D eigenvalue weighted by Crippen LogP contribution is 2.49. The minimum Gasteiger partial charge on any atom is -0.493 e. The number of nitrogens with zero attached hydrogens (tertiary/aromatic N) is 1. The number of methoxy groups -OCH3 is 1. The molecular weight excluding hydrogens is 453 g/mol. The van der Waals surface area contributed by atoms with Crippen LogP contribution in [-0.4, -0.2) is 41.8 Å². The van der Waals surface area contributed by atoms with E-state index in [1.165, 1.54) is 25.3 Å². The zero-order valence-electron chi connectivity index (χ0n) is 17.5. The number of aromatic nitrogens is 1. The van der Waals surface area contributed by atoms with Gasteiger partial charge in [-0.2, -0.15) is 17.6 Å². The number of nitrogens with one attached hydrogen (secondary N) is 1. The second-order valence-corrected chi connectivity index (χ2v) is 7.86. The highest BCUT2D eigenvalue weighted by molar-refractivity contribution is 5.97. The molecule has 1 fully saturated rings. The number of alkyl halides is 3. The zero-order valence-corrected chi connectivity index (χ0v) is 17.5. The van der Waals surface area contributed by atoms with E-state index in [9.17, 15) is 31.5 Å². The number of carbonyl (C=O) groups is 2. The third-order valence-electron chi connectivity index (χ3n) is 5.23. The lowest BCUT2D eigenvalue weighted by Crippen LogP contribution is -2.36. The molecule has 0 saturated carbocycles. The largest absolute Gasteiger partial charge is 0.493 e. The van der Waals surface area contributed by atoms with Crippen molar-refractivity contribution in [2.24, 2.45) is 5.73 Å². The van der Waals surface area contributed by atoms with Gasteiger partial charge >= 0.3 is 6.18 Å². The molecule has 2 heterocycles. The Morgan fingerprint density at radius 3 is 2.61 bits per heavy atom. The highest BCUT2D eigenvalue weighted by atomic mass is 19.4. The second kappa shape index (κ2) is 8.93. The maximum Gasteiger partial charge on any atom is 0.391 e. The van der Waals surface area contributed by atoms with Crippen LogP contribution in [0.3, 0.4) is 0 Å². The van der Waals surface area contributed by atoms with E-state index < -0.39 is 59.4 Å². The van der Waals surface area contributed by atoms with Crippen LogP contribution in [0.5, 0.6) is 5.75 Å². The summed E-state index contributed by atoms with van der Waals surface area (Å²) in [5.74, 6) is -5.90. The molecule has 3 N–H and O–H groups in total. The first-order valence-electron chi connectivity index (χ1n) is 9.67. The normalized spacial score (nSPS) is 22.8. The molecule has 0 radical (unpaired) electrons. The van der Waals surface area contributed by atoms with Crippen LogP contribution >= 0.6 is 0 Å². The Labute approximate surface area is 185 Å². The Hall–Kier alpha value is -3.28. The molecule has 178 valence electrons. The van der Waals surface area contributed by atoms with Crippen LogP contribution < -0.4 is 15.8 Å². The van der Waals surface area contributed by atoms with Crippen molar-refractivity contribution >= 4 is 17.5 Å². The van der Waals surface area contributed by atoms with E-state index in [-0.39, 0.29) is 23.4 Å². The first-order chi connectivity index (χ1) is 15.3. The molecule has 7 nitrogen and oxygen atoms in total. The smallest absolute Gasteiger partial charge is 0.391 e.